The van der Waals surface area contributed by atoms with Gasteiger partial charge in [0.05, 0.1) is 35.7 Å². The zero-order valence-electron chi connectivity index (χ0n) is 16.0. The van der Waals surface area contributed by atoms with Gasteiger partial charge in [-0.25, -0.2) is 8.78 Å². The molecule has 1 aliphatic heterocycles. The van der Waals surface area contributed by atoms with Crippen LogP contribution in [0.1, 0.15) is 27.7 Å². The summed E-state index contributed by atoms with van der Waals surface area (Å²) in [7, 11) is 1.63. The van der Waals surface area contributed by atoms with Crippen LogP contribution in [0.2, 0.25) is 0 Å². The Kier molecular flexibility index (Phi) is 4.18. The number of likely N-dealkylation sites (N-methyl/N-ethyl adjacent to an activating group) is 1. The Hall–Kier alpha value is -3.52. The number of aromatic amines is 1. The van der Waals surface area contributed by atoms with E-state index < -0.39 is 23.2 Å². The van der Waals surface area contributed by atoms with Crippen molar-refractivity contribution >= 4 is 22.2 Å². The summed E-state index contributed by atoms with van der Waals surface area (Å²) in [6, 6.07) is 8.62. The average Bonchev–Trinajstić information content (AvgIpc) is 3.18. The molecular formula is C22H17F2N3O3. The van der Waals surface area contributed by atoms with E-state index >= 15 is 0 Å². The van der Waals surface area contributed by atoms with E-state index in [4.69, 9.17) is 4.74 Å². The van der Waals surface area contributed by atoms with E-state index in [0.717, 1.165) is 17.6 Å². The molecule has 1 atom stereocenters. The molecule has 0 saturated heterocycles. The highest BCUT2D eigenvalue weighted by Crippen LogP contribution is 2.34. The third-order valence-corrected chi connectivity index (χ3v) is 5.63. The molecule has 1 amide bonds. The summed E-state index contributed by atoms with van der Waals surface area (Å²) in [6.45, 7) is 0.286. The van der Waals surface area contributed by atoms with Crippen molar-refractivity contribution in [3.63, 3.8) is 0 Å². The number of hydrogen-bond donors (Lipinski definition) is 1. The number of carbonyl (C=O) groups excluding carboxylic acids is 1. The van der Waals surface area contributed by atoms with Crippen LogP contribution in [0.3, 0.4) is 0 Å². The number of fused-ring (bicyclic) bond motifs is 4. The summed E-state index contributed by atoms with van der Waals surface area (Å²) in [4.78, 5) is 29.9. The molecule has 1 aromatic carbocycles. The molecule has 5 rings (SSSR count). The van der Waals surface area contributed by atoms with Crippen LogP contribution >= 0.6 is 0 Å². The normalized spacial score (nSPS) is 16.0. The molecule has 30 heavy (non-hydrogen) atoms. The Bertz CT molecular complexity index is 1380. The third-order valence-electron chi connectivity index (χ3n) is 5.63. The van der Waals surface area contributed by atoms with Crippen LogP contribution in [0.4, 0.5) is 8.78 Å². The quantitative estimate of drug-likeness (QED) is 0.552. The molecule has 0 fully saturated rings. The SMILES string of the molecule is CN(C(=O)c1ccn2ccccc12)[C@H]1COCc2[nH]c(=O)c3cc(F)c(F)cc3c21. The number of aromatic nitrogens is 2. The Balaban J connectivity index is 1.65. The molecule has 0 spiro atoms. The number of benzene rings is 1. The van der Waals surface area contributed by atoms with Gasteiger partial charge >= 0.3 is 0 Å². The van der Waals surface area contributed by atoms with E-state index in [1.165, 1.54) is 4.90 Å². The largest absolute Gasteiger partial charge is 0.373 e. The minimum atomic E-state index is -1.10. The number of carbonyl (C=O) groups is 1. The van der Waals surface area contributed by atoms with Crippen LogP contribution in [-0.4, -0.2) is 33.8 Å². The van der Waals surface area contributed by atoms with Gasteiger partial charge in [0.2, 0.25) is 0 Å². The lowest BCUT2D eigenvalue weighted by Gasteiger charge is -2.33. The number of hydrogen-bond acceptors (Lipinski definition) is 3. The van der Waals surface area contributed by atoms with Crippen molar-refractivity contribution in [2.24, 2.45) is 0 Å². The van der Waals surface area contributed by atoms with Crippen molar-refractivity contribution in [1.82, 2.24) is 14.3 Å². The van der Waals surface area contributed by atoms with Crippen molar-refractivity contribution < 1.29 is 18.3 Å². The number of H-pyrrole nitrogens is 1. The summed E-state index contributed by atoms with van der Waals surface area (Å²) in [5, 5.41) is 0.317. The van der Waals surface area contributed by atoms with E-state index in [2.05, 4.69) is 4.98 Å². The van der Waals surface area contributed by atoms with Gasteiger partial charge in [0.15, 0.2) is 11.6 Å². The van der Waals surface area contributed by atoms with Crippen molar-refractivity contribution in [2.45, 2.75) is 12.6 Å². The minimum Gasteiger partial charge on any atom is -0.373 e. The number of rotatable bonds is 2. The van der Waals surface area contributed by atoms with Gasteiger partial charge < -0.3 is 19.0 Å². The standard InChI is InChI=1S/C22H17F2N3O3/c1-26(22(29)12-5-7-27-6-3-2-4-18(12)27)19-11-30-10-17-20(19)13-8-15(23)16(24)9-14(13)21(28)25-17/h2-9,19H,10-11H2,1H3,(H,25,28)/t19-/m0/s1. The summed E-state index contributed by atoms with van der Waals surface area (Å²) in [5.41, 5.74) is 1.76. The zero-order chi connectivity index (χ0) is 21.0. The van der Waals surface area contributed by atoms with Crippen molar-refractivity contribution in [3.8, 4) is 0 Å². The van der Waals surface area contributed by atoms with Crippen molar-refractivity contribution in [3.05, 3.63) is 87.6 Å². The summed E-state index contributed by atoms with van der Waals surface area (Å²) in [6.07, 6.45) is 3.65. The summed E-state index contributed by atoms with van der Waals surface area (Å²) < 4.78 is 35.2. The van der Waals surface area contributed by atoms with Gasteiger partial charge in [0.1, 0.15) is 0 Å². The van der Waals surface area contributed by atoms with Crippen LogP contribution in [-0.2, 0) is 11.3 Å². The molecule has 3 aromatic heterocycles. The molecule has 0 aliphatic carbocycles. The number of pyridine rings is 2. The topological polar surface area (TPSA) is 66.8 Å². The number of nitrogens with one attached hydrogen (secondary N) is 1. The number of ether oxygens (including phenoxy) is 1. The third kappa shape index (κ3) is 2.72. The van der Waals surface area contributed by atoms with Gasteiger partial charge in [-0.05, 0) is 35.7 Å². The van der Waals surface area contributed by atoms with Crippen LogP contribution < -0.4 is 5.56 Å². The molecule has 0 unspecified atom stereocenters. The molecule has 1 N–H and O–H groups in total. The maximum Gasteiger partial charge on any atom is 0.256 e. The van der Waals surface area contributed by atoms with E-state index in [1.54, 1.807) is 19.3 Å². The first-order valence-corrected chi connectivity index (χ1v) is 9.40. The summed E-state index contributed by atoms with van der Waals surface area (Å²) >= 11 is 0. The fraction of sp³-hybridized carbons (Fsp3) is 0.182. The maximum absolute atomic E-state index is 14.0. The Morgan fingerprint density at radius 3 is 2.73 bits per heavy atom. The lowest BCUT2D eigenvalue weighted by atomic mass is 9.95. The molecule has 6 nitrogen and oxygen atoms in total. The van der Waals surface area contributed by atoms with Crippen LogP contribution in [0.25, 0.3) is 16.3 Å². The second-order valence-corrected chi connectivity index (χ2v) is 7.33. The minimum absolute atomic E-state index is 0.0368. The second kappa shape index (κ2) is 6.77. The van der Waals surface area contributed by atoms with Crippen LogP contribution in [0.15, 0.2) is 53.6 Å². The molecule has 4 heterocycles. The van der Waals surface area contributed by atoms with Gasteiger partial charge in [-0.1, -0.05) is 6.07 Å². The van der Waals surface area contributed by atoms with E-state index in [9.17, 15) is 18.4 Å². The van der Waals surface area contributed by atoms with E-state index in [0.29, 0.717) is 16.8 Å². The fourth-order valence-corrected chi connectivity index (χ4v) is 4.11. The Labute approximate surface area is 169 Å². The molecule has 0 saturated carbocycles. The number of nitrogens with zero attached hydrogens (tertiary/aromatic N) is 2. The lowest BCUT2D eigenvalue weighted by molar-refractivity contribution is 0.0337. The van der Waals surface area contributed by atoms with Gasteiger partial charge in [-0.2, -0.15) is 0 Å². The monoisotopic (exact) mass is 409 g/mol. The molecule has 4 aromatic rings. The second-order valence-electron chi connectivity index (χ2n) is 7.33. The molecule has 8 heteroatoms. The van der Waals surface area contributed by atoms with Crippen molar-refractivity contribution in [2.75, 3.05) is 13.7 Å². The maximum atomic E-state index is 14.0. The molecule has 0 radical (unpaired) electrons. The first-order valence-electron chi connectivity index (χ1n) is 9.40. The van der Waals surface area contributed by atoms with Gasteiger partial charge in [0.25, 0.3) is 11.5 Å². The fourth-order valence-electron chi connectivity index (χ4n) is 4.11. The van der Waals surface area contributed by atoms with Gasteiger partial charge in [-0.3, -0.25) is 9.59 Å². The highest BCUT2D eigenvalue weighted by molar-refractivity contribution is 6.01. The van der Waals surface area contributed by atoms with Crippen LogP contribution in [0, 0.1) is 11.6 Å². The Morgan fingerprint density at radius 1 is 1.17 bits per heavy atom. The van der Waals surface area contributed by atoms with Crippen molar-refractivity contribution in [1.29, 1.82) is 0 Å². The zero-order valence-corrected chi connectivity index (χ0v) is 16.0. The predicted octanol–water partition coefficient (Wildman–Crippen LogP) is 3.40. The summed E-state index contributed by atoms with van der Waals surface area (Å²) in [5.74, 6) is -2.39. The first kappa shape index (κ1) is 18.5. The molecular weight excluding hydrogens is 392 g/mol. The van der Waals surface area contributed by atoms with E-state index in [1.807, 2.05) is 28.8 Å². The van der Waals surface area contributed by atoms with Gasteiger partial charge in [0, 0.05) is 30.7 Å². The smallest absolute Gasteiger partial charge is 0.256 e. The average molecular weight is 409 g/mol. The molecule has 152 valence electrons. The lowest BCUT2D eigenvalue weighted by Crippen LogP contribution is -2.37. The first-order chi connectivity index (χ1) is 14.5. The van der Waals surface area contributed by atoms with E-state index in [-0.39, 0.29) is 29.9 Å². The van der Waals surface area contributed by atoms with Gasteiger partial charge in [-0.15, -0.1) is 0 Å². The molecule has 0 bridgehead atoms. The highest BCUT2D eigenvalue weighted by Gasteiger charge is 2.32. The number of amides is 1. The Morgan fingerprint density at radius 2 is 1.93 bits per heavy atom. The predicted molar refractivity (Wildman–Crippen MR) is 106 cm³/mol. The number of halogens is 2. The molecule has 1 aliphatic rings. The van der Waals surface area contributed by atoms with Crippen LogP contribution in [0.5, 0.6) is 0 Å². The highest BCUT2D eigenvalue weighted by atomic mass is 19.2.